The van der Waals surface area contributed by atoms with Gasteiger partial charge in [0.05, 0.1) is 46.8 Å². The Morgan fingerprint density at radius 3 is 2.28 bits per heavy atom. The van der Waals surface area contributed by atoms with Crippen LogP contribution in [0.25, 0.3) is 27.8 Å². The molecule has 180 valence electrons. The molecule has 7 nitrogen and oxygen atoms in total. The Labute approximate surface area is 205 Å². The number of aryl methyl sites for hydroxylation is 1. The Kier molecular flexibility index (Phi) is 4.86. The quantitative estimate of drug-likeness (QED) is 0.415. The number of aromatic nitrogens is 3. The molecular formula is C28H23FN4O3. The summed E-state index contributed by atoms with van der Waals surface area (Å²) in [5, 5.41) is 3.99. The maximum Gasteiger partial charge on any atom is 0.331 e. The third-order valence-corrected chi connectivity index (χ3v) is 6.89. The highest BCUT2D eigenvalue weighted by Crippen LogP contribution is 2.45. The Morgan fingerprint density at radius 1 is 0.889 bits per heavy atom. The number of hydrogen-bond donors (Lipinski definition) is 1. The zero-order chi connectivity index (χ0) is 25.1. The number of ether oxygens (including phenoxy) is 1. The van der Waals surface area contributed by atoms with E-state index in [0.717, 1.165) is 32.8 Å². The lowest BCUT2D eigenvalue weighted by Crippen LogP contribution is -2.37. The van der Waals surface area contributed by atoms with Crippen LogP contribution in [-0.4, -0.2) is 20.8 Å². The van der Waals surface area contributed by atoms with Gasteiger partial charge in [-0.1, -0.05) is 24.3 Å². The van der Waals surface area contributed by atoms with E-state index in [2.05, 4.69) is 5.32 Å². The Bertz CT molecular complexity index is 1760. The van der Waals surface area contributed by atoms with Crippen LogP contribution in [-0.2, 0) is 14.1 Å². The molecule has 5 aromatic rings. The van der Waals surface area contributed by atoms with Gasteiger partial charge < -0.3 is 14.6 Å². The van der Waals surface area contributed by atoms with Crippen LogP contribution in [0.3, 0.4) is 0 Å². The van der Waals surface area contributed by atoms with Crippen LogP contribution in [0.5, 0.6) is 5.75 Å². The molecule has 0 fully saturated rings. The Hall–Kier alpha value is -4.59. The van der Waals surface area contributed by atoms with Gasteiger partial charge in [0.15, 0.2) is 0 Å². The summed E-state index contributed by atoms with van der Waals surface area (Å²) in [7, 11) is 4.76. The van der Waals surface area contributed by atoms with E-state index in [1.807, 2.05) is 53.1 Å². The van der Waals surface area contributed by atoms with Crippen molar-refractivity contribution in [2.24, 2.45) is 14.1 Å². The molecule has 0 amide bonds. The molecule has 0 bridgehead atoms. The molecule has 0 aliphatic carbocycles. The fourth-order valence-corrected chi connectivity index (χ4v) is 5.15. The van der Waals surface area contributed by atoms with Crippen LogP contribution in [0, 0.1) is 5.82 Å². The fraction of sp³-hybridized carbons (Fsp3) is 0.143. The first-order valence-electron chi connectivity index (χ1n) is 11.5. The van der Waals surface area contributed by atoms with E-state index in [4.69, 9.17) is 4.74 Å². The van der Waals surface area contributed by atoms with Crippen molar-refractivity contribution in [3.63, 3.8) is 0 Å². The van der Waals surface area contributed by atoms with Gasteiger partial charge in [-0.05, 0) is 59.7 Å². The minimum atomic E-state index is -0.437. The summed E-state index contributed by atoms with van der Waals surface area (Å²) in [6.45, 7) is 0. The predicted molar refractivity (Wildman–Crippen MR) is 138 cm³/mol. The van der Waals surface area contributed by atoms with Gasteiger partial charge in [-0.25, -0.2) is 9.18 Å². The molecule has 2 aromatic heterocycles. The monoisotopic (exact) mass is 482 g/mol. The molecule has 3 heterocycles. The number of para-hydroxylation sites is 2. The Morgan fingerprint density at radius 2 is 1.58 bits per heavy atom. The van der Waals surface area contributed by atoms with Gasteiger partial charge in [-0.2, -0.15) is 0 Å². The van der Waals surface area contributed by atoms with Gasteiger partial charge >= 0.3 is 5.69 Å². The van der Waals surface area contributed by atoms with Crippen LogP contribution in [0.15, 0.2) is 82.4 Å². The van der Waals surface area contributed by atoms with Crippen molar-refractivity contribution in [1.29, 1.82) is 0 Å². The maximum absolute atomic E-state index is 13.8. The van der Waals surface area contributed by atoms with Gasteiger partial charge in [0.25, 0.3) is 5.56 Å². The number of hydrogen-bond acceptors (Lipinski definition) is 4. The van der Waals surface area contributed by atoms with E-state index < -0.39 is 11.7 Å². The predicted octanol–water partition coefficient (Wildman–Crippen LogP) is 4.36. The van der Waals surface area contributed by atoms with Crippen molar-refractivity contribution in [3.05, 3.63) is 111 Å². The third kappa shape index (κ3) is 3.04. The lowest BCUT2D eigenvalue weighted by Gasteiger charge is -2.31. The minimum absolute atomic E-state index is 0.338. The molecule has 0 radical (unpaired) electrons. The van der Waals surface area contributed by atoms with Gasteiger partial charge in [-0.15, -0.1) is 0 Å². The molecule has 0 saturated carbocycles. The number of halogens is 1. The number of methoxy groups -OCH3 is 1. The molecule has 0 saturated heterocycles. The van der Waals surface area contributed by atoms with E-state index in [1.54, 1.807) is 26.3 Å². The van der Waals surface area contributed by atoms with E-state index in [0.29, 0.717) is 22.3 Å². The molecule has 0 unspecified atom stereocenters. The van der Waals surface area contributed by atoms with Crippen LogP contribution >= 0.6 is 0 Å². The highest BCUT2D eigenvalue weighted by atomic mass is 19.1. The number of anilines is 1. The first-order valence-corrected chi connectivity index (χ1v) is 11.5. The van der Waals surface area contributed by atoms with Crippen LogP contribution in [0.4, 0.5) is 10.1 Å². The highest BCUT2D eigenvalue weighted by Gasteiger charge is 2.34. The minimum Gasteiger partial charge on any atom is -0.497 e. The van der Waals surface area contributed by atoms with E-state index in [1.165, 1.54) is 23.7 Å². The van der Waals surface area contributed by atoms with Gasteiger partial charge in [0.1, 0.15) is 11.6 Å². The number of benzene rings is 3. The summed E-state index contributed by atoms with van der Waals surface area (Å²) < 4.78 is 23.9. The van der Waals surface area contributed by atoms with E-state index in [9.17, 15) is 14.0 Å². The summed E-state index contributed by atoms with van der Waals surface area (Å²) in [6.07, 6.45) is 0. The molecule has 3 aromatic carbocycles. The molecule has 1 aliphatic heterocycles. The number of nitrogens with zero attached hydrogens (tertiary/aromatic N) is 3. The topological polar surface area (TPSA) is 70.2 Å². The van der Waals surface area contributed by atoms with Crippen molar-refractivity contribution in [3.8, 4) is 22.7 Å². The highest BCUT2D eigenvalue weighted by molar-refractivity contribution is 5.99. The number of rotatable bonds is 3. The molecule has 6 rings (SSSR count). The lowest BCUT2D eigenvalue weighted by molar-refractivity contribution is 0.415. The van der Waals surface area contributed by atoms with Crippen LogP contribution < -0.4 is 21.3 Å². The second kappa shape index (κ2) is 7.98. The fourth-order valence-electron chi connectivity index (χ4n) is 5.15. The molecule has 0 spiro atoms. The van der Waals surface area contributed by atoms with Crippen molar-refractivity contribution >= 4 is 16.6 Å². The smallest absolute Gasteiger partial charge is 0.331 e. The largest absolute Gasteiger partial charge is 0.497 e. The SMILES string of the molecule is COc1ccc(-c2c3c(=O)n(C)c(=O)n(C)c3c3n2-c2ccccc2N[C@@H]3c2ccc(F)cc2)cc1. The zero-order valence-electron chi connectivity index (χ0n) is 19.9. The standard InChI is InChI=1S/C28H23FN4O3/c1-31-25-22(27(34)32(2)28(31)35)24(17-10-14-19(36-3)15-11-17)33-21-7-5-4-6-20(21)30-23(26(25)33)16-8-12-18(29)13-9-16/h4-15,23,30H,1-3H3/t23-/m1/s1. The molecule has 1 atom stereocenters. The molecule has 36 heavy (non-hydrogen) atoms. The van der Waals surface area contributed by atoms with Crippen molar-refractivity contribution in [2.75, 3.05) is 12.4 Å². The third-order valence-electron chi connectivity index (χ3n) is 6.89. The summed E-state index contributed by atoms with van der Waals surface area (Å²) >= 11 is 0. The van der Waals surface area contributed by atoms with E-state index in [-0.39, 0.29) is 11.4 Å². The normalized spacial score (nSPS) is 14.3. The summed E-state index contributed by atoms with van der Waals surface area (Å²) in [5.41, 5.74) is 4.47. The second-order valence-electron chi connectivity index (χ2n) is 8.87. The lowest BCUT2D eigenvalue weighted by atomic mass is 9.99. The number of nitrogens with one attached hydrogen (secondary N) is 1. The number of fused-ring (bicyclic) bond motifs is 5. The summed E-state index contributed by atoms with van der Waals surface area (Å²) in [6, 6.07) is 21.1. The average molecular weight is 483 g/mol. The van der Waals surface area contributed by atoms with Crippen LogP contribution in [0.2, 0.25) is 0 Å². The maximum atomic E-state index is 13.8. The van der Waals surface area contributed by atoms with Gasteiger partial charge in [0, 0.05) is 14.1 Å². The van der Waals surface area contributed by atoms with E-state index >= 15 is 0 Å². The molecule has 1 aliphatic rings. The molecule has 8 heteroatoms. The average Bonchev–Trinajstić information content (AvgIpc) is 3.27. The van der Waals surface area contributed by atoms with Crippen molar-refractivity contribution in [2.45, 2.75) is 6.04 Å². The summed E-state index contributed by atoms with van der Waals surface area (Å²) in [4.78, 5) is 26.8. The van der Waals surface area contributed by atoms with Gasteiger partial charge in [0.2, 0.25) is 0 Å². The Balaban J connectivity index is 1.83. The first-order chi connectivity index (χ1) is 17.4. The first kappa shape index (κ1) is 21.9. The molecular weight excluding hydrogens is 459 g/mol. The summed E-state index contributed by atoms with van der Waals surface area (Å²) in [5.74, 6) is 0.357. The van der Waals surface area contributed by atoms with Crippen molar-refractivity contribution < 1.29 is 9.13 Å². The van der Waals surface area contributed by atoms with Crippen LogP contribution in [0.1, 0.15) is 17.3 Å². The zero-order valence-corrected chi connectivity index (χ0v) is 19.9. The second-order valence-corrected chi connectivity index (χ2v) is 8.87. The molecule has 1 N–H and O–H groups in total. The van der Waals surface area contributed by atoms with Gasteiger partial charge in [-0.3, -0.25) is 13.9 Å². The van der Waals surface area contributed by atoms with Crippen molar-refractivity contribution in [1.82, 2.24) is 13.7 Å².